The first-order valence-electron chi connectivity index (χ1n) is 10.7. The quantitative estimate of drug-likeness (QED) is 0.519. The van der Waals surface area contributed by atoms with Crippen LogP contribution >= 0.6 is 11.6 Å². The van der Waals surface area contributed by atoms with Gasteiger partial charge in [0, 0.05) is 36.6 Å². The third kappa shape index (κ3) is 4.39. The highest BCUT2D eigenvalue weighted by molar-refractivity contribution is 6.30. The molecule has 176 valence electrons. The lowest BCUT2D eigenvalue weighted by molar-refractivity contribution is -0.128. The SMILES string of the molecule is COc1ccc(OC)c(N2CC(=O)N(c3ccc(Cl)cc3)C(c3ccc(N(C)C)cc3)C2=O)c1. The molecule has 0 N–H and O–H groups in total. The van der Waals surface area contributed by atoms with Crippen molar-refractivity contribution in [3.8, 4) is 11.5 Å². The number of carbonyl (C=O) groups excluding carboxylic acids is 2. The number of benzene rings is 3. The number of hydrogen-bond acceptors (Lipinski definition) is 5. The molecule has 1 unspecified atom stereocenters. The van der Waals surface area contributed by atoms with Crippen LogP contribution in [-0.4, -0.2) is 46.7 Å². The third-order valence-electron chi connectivity index (χ3n) is 5.83. The number of halogens is 1. The summed E-state index contributed by atoms with van der Waals surface area (Å²) in [6.45, 7) is -0.142. The van der Waals surface area contributed by atoms with Crippen molar-refractivity contribution in [2.24, 2.45) is 0 Å². The zero-order valence-electron chi connectivity index (χ0n) is 19.5. The van der Waals surface area contributed by atoms with Crippen molar-refractivity contribution in [2.45, 2.75) is 6.04 Å². The van der Waals surface area contributed by atoms with Crippen LogP contribution in [0, 0.1) is 0 Å². The average molecular weight is 480 g/mol. The van der Waals surface area contributed by atoms with E-state index in [0.29, 0.717) is 33.5 Å². The van der Waals surface area contributed by atoms with Crippen LogP contribution in [0.4, 0.5) is 17.1 Å². The number of methoxy groups -OCH3 is 2. The van der Waals surface area contributed by atoms with Gasteiger partial charge < -0.3 is 14.4 Å². The molecule has 2 amide bonds. The van der Waals surface area contributed by atoms with E-state index in [4.69, 9.17) is 21.1 Å². The first-order chi connectivity index (χ1) is 16.3. The summed E-state index contributed by atoms with van der Waals surface area (Å²) in [7, 11) is 6.97. The molecule has 0 radical (unpaired) electrons. The summed E-state index contributed by atoms with van der Waals surface area (Å²) in [5, 5.41) is 0.550. The molecule has 0 aliphatic carbocycles. The van der Waals surface area contributed by atoms with Crippen LogP contribution in [0.3, 0.4) is 0 Å². The van der Waals surface area contributed by atoms with E-state index in [2.05, 4.69) is 0 Å². The minimum Gasteiger partial charge on any atom is -0.497 e. The Morgan fingerprint density at radius 3 is 2.18 bits per heavy atom. The molecule has 34 heavy (non-hydrogen) atoms. The van der Waals surface area contributed by atoms with Crippen molar-refractivity contribution in [3.63, 3.8) is 0 Å². The Hall–Kier alpha value is -3.71. The van der Waals surface area contributed by atoms with Gasteiger partial charge in [0.1, 0.15) is 24.1 Å². The van der Waals surface area contributed by atoms with Crippen molar-refractivity contribution in [1.82, 2.24) is 0 Å². The Morgan fingerprint density at radius 1 is 0.912 bits per heavy atom. The number of carbonyl (C=O) groups is 2. The van der Waals surface area contributed by atoms with Crippen LogP contribution < -0.4 is 24.2 Å². The number of nitrogens with zero attached hydrogens (tertiary/aromatic N) is 3. The highest BCUT2D eigenvalue weighted by Gasteiger charge is 2.42. The van der Waals surface area contributed by atoms with Crippen LogP contribution in [0.1, 0.15) is 11.6 Å². The van der Waals surface area contributed by atoms with E-state index < -0.39 is 6.04 Å². The third-order valence-corrected chi connectivity index (χ3v) is 6.08. The maximum Gasteiger partial charge on any atom is 0.255 e. The Labute approximate surface area is 204 Å². The fraction of sp³-hybridized carbons (Fsp3) is 0.231. The molecule has 8 heteroatoms. The van der Waals surface area contributed by atoms with Gasteiger partial charge in [-0.05, 0) is 54.1 Å². The van der Waals surface area contributed by atoms with E-state index in [9.17, 15) is 9.59 Å². The fourth-order valence-corrected chi connectivity index (χ4v) is 4.17. The van der Waals surface area contributed by atoms with E-state index in [0.717, 1.165) is 5.69 Å². The zero-order chi connectivity index (χ0) is 24.4. The second-order valence-electron chi connectivity index (χ2n) is 8.09. The molecule has 3 aromatic carbocycles. The smallest absolute Gasteiger partial charge is 0.255 e. The van der Waals surface area contributed by atoms with Crippen molar-refractivity contribution < 1.29 is 19.1 Å². The molecule has 7 nitrogen and oxygen atoms in total. The maximum absolute atomic E-state index is 14.0. The van der Waals surface area contributed by atoms with E-state index >= 15 is 0 Å². The van der Waals surface area contributed by atoms with Crippen molar-refractivity contribution in [3.05, 3.63) is 77.3 Å². The normalized spacial score (nSPS) is 16.0. The van der Waals surface area contributed by atoms with Crippen LogP contribution in [0.5, 0.6) is 11.5 Å². The summed E-state index contributed by atoms with van der Waals surface area (Å²) in [4.78, 5) is 32.5. The molecule has 0 spiro atoms. The van der Waals surface area contributed by atoms with E-state index in [-0.39, 0.29) is 18.4 Å². The number of hydrogen-bond donors (Lipinski definition) is 0. The molecule has 3 aromatic rings. The summed E-state index contributed by atoms with van der Waals surface area (Å²) >= 11 is 6.07. The van der Waals surface area contributed by atoms with Gasteiger partial charge in [0.05, 0.1) is 19.9 Å². The van der Waals surface area contributed by atoms with Crippen LogP contribution in [0.15, 0.2) is 66.7 Å². The number of rotatable bonds is 6. The van der Waals surface area contributed by atoms with E-state index in [1.807, 2.05) is 43.3 Å². The van der Waals surface area contributed by atoms with E-state index in [1.54, 1.807) is 49.6 Å². The first kappa shape index (κ1) is 23.4. The minimum absolute atomic E-state index is 0.142. The second kappa shape index (κ2) is 9.65. The lowest BCUT2D eigenvalue weighted by Crippen LogP contribution is -2.56. The van der Waals surface area contributed by atoms with Gasteiger partial charge in [-0.2, -0.15) is 0 Å². The zero-order valence-corrected chi connectivity index (χ0v) is 20.2. The molecular formula is C26H26ClN3O4. The maximum atomic E-state index is 14.0. The van der Waals surface area contributed by atoms with Gasteiger partial charge in [0.25, 0.3) is 5.91 Å². The Bertz CT molecular complexity index is 1200. The van der Waals surface area contributed by atoms with Gasteiger partial charge >= 0.3 is 0 Å². The molecule has 1 fully saturated rings. The summed E-state index contributed by atoms with van der Waals surface area (Å²) in [5.41, 5.74) is 2.76. The summed E-state index contributed by atoms with van der Waals surface area (Å²) in [5.74, 6) is 0.554. The van der Waals surface area contributed by atoms with Crippen LogP contribution in [0.25, 0.3) is 0 Å². The van der Waals surface area contributed by atoms with Crippen LogP contribution in [-0.2, 0) is 9.59 Å². The van der Waals surface area contributed by atoms with Gasteiger partial charge in [-0.15, -0.1) is 0 Å². The molecule has 0 bridgehead atoms. The second-order valence-corrected chi connectivity index (χ2v) is 8.53. The summed E-state index contributed by atoms with van der Waals surface area (Å²) in [6.07, 6.45) is 0. The first-order valence-corrected chi connectivity index (χ1v) is 11.1. The Balaban J connectivity index is 1.83. The highest BCUT2D eigenvalue weighted by Crippen LogP contribution is 2.39. The predicted octanol–water partition coefficient (Wildman–Crippen LogP) is 4.54. The van der Waals surface area contributed by atoms with Crippen molar-refractivity contribution in [1.29, 1.82) is 0 Å². The molecule has 0 aromatic heterocycles. The van der Waals surface area contributed by atoms with Gasteiger partial charge in [0.15, 0.2) is 0 Å². The van der Waals surface area contributed by atoms with Gasteiger partial charge in [-0.3, -0.25) is 19.4 Å². The summed E-state index contributed by atoms with van der Waals surface area (Å²) in [6, 6.07) is 18.8. The molecule has 4 rings (SSSR count). The standard InChI is InChI=1S/C26H26ClN3O4/c1-28(2)19-9-5-17(6-10-19)25-26(32)29(22-15-21(33-3)13-14-23(22)34-4)16-24(31)30(25)20-11-7-18(27)8-12-20/h5-15,25H,16H2,1-4H3. The van der Waals surface area contributed by atoms with Crippen LogP contribution in [0.2, 0.25) is 5.02 Å². The largest absolute Gasteiger partial charge is 0.497 e. The molecule has 0 saturated carbocycles. The Kier molecular flexibility index (Phi) is 6.65. The fourth-order valence-electron chi connectivity index (χ4n) is 4.04. The average Bonchev–Trinajstić information content (AvgIpc) is 2.85. The van der Waals surface area contributed by atoms with Crippen molar-refractivity contribution >= 4 is 40.5 Å². The molecule has 1 aliphatic heterocycles. The van der Waals surface area contributed by atoms with Crippen molar-refractivity contribution in [2.75, 3.05) is 49.6 Å². The topological polar surface area (TPSA) is 62.3 Å². The van der Waals surface area contributed by atoms with E-state index in [1.165, 1.54) is 16.9 Å². The molecule has 1 atom stereocenters. The monoisotopic (exact) mass is 479 g/mol. The summed E-state index contributed by atoms with van der Waals surface area (Å²) < 4.78 is 10.8. The minimum atomic E-state index is -0.866. The van der Waals surface area contributed by atoms with Gasteiger partial charge in [-0.25, -0.2) is 0 Å². The number of piperazine rings is 1. The van der Waals surface area contributed by atoms with Gasteiger partial charge in [0.2, 0.25) is 5.91 Å². The number of anilines is 3. The Morgan fingerprint density at radius 2 is 1.59 bits per heavy atom. The van der Waals surface area contributed by atoms with Gasteiger partial charge in [-0.1, -0.05) is 23.7 Å². The highest BCUT2D eigenvalue weighted by atomic mass is 35.5. The molecular weight excluding hydrogens is 454 g/mol. The molecule has 1 aliphatic rings. The molecule has 1 heterocycles. The lowest BCUT2D eigenvalue weighted by Gasteiger charge is -2.40. The number of ether oxygens (including phenoxy) is 2. The lowest BCUT2D eigenvalue weighted by atomic mass is 9.98. The predicted molar refractivity (Wildman–Crippen MR) is 134 cm³/mol. The molecule has 1 saturated heterocycles. The number of amides is 2.